The number of hydrogen-bond donors (Lipinski definition) is 1. The fourth-order valence-corrected chi connectivity index (χ4v) is 2.06. The number of nitrogens with zero attached hydrogens (tertiary/aromatic N) is 4. The third-order valence-electron chi connectivity index (χ3n) is 3.04. The maximum Gasteiger partial charge on any atom is 0.150 e. The van der Waals surface area contributed by atoms with E-state index in [0.717, 1.165) is 43.4 Å². The molecule has 0 saturated carbocycles. The highest BCUT2D eigenvalue weighted by atomic mass is 15.4. The summed E-state index contributed by atoms with van der Waals surface area (Å²) in [6.45, 7) is 6.18. The van der Waals surface area contributed by atoms with E-state index in [0.29, 0.717) is 0 Å². The molecule has 1 aromatic heterocycles. The highest BCUT2D eigenvalue weighted by Crippen LogP contribution is 2.26. The molecule has 5 nitrogen and oxygen atoms in total. The lowest BCUT2D eigenvalue weighted by Gasteiger charge is -2.33. The molecular weight excluding hydrogens is 190 g/mol. The van der Waals surface area contributed by atoms with Crippen LogP contribution in [0, 0.1) is 6.92 Å². The number of aryl methyl sites for hydroxylation is 2. The summed E-state index contributed by atoms with van der Waals surface area (Å²) < 4.78 is 1.88. The number of nitrogens with two attached hydrogens (primary N) is 1. The van der Waals surface area contributed by atoms with Crippen molar-refractivity contribution in [2.45, 2.75) is 6.92 Å². The Morgan fingerprint density at radius 3 is 2.20 bits per heavy atom. The van der Waals surface area contributed by atoms with Crippen molar-refractivity contribution in [3.05, 3.63) is 5.69 Å². The van der Waals surface area contributed by atoms with E-state index in [1.807, 2.05) is 18.7 Å². The lowest BCUT2D eigenvalue weighted by atomic mass is 10.3. The number of rotatable bonds is 1. The lowest BCUT2D eigenvalue weighted by molar-refractivity contribution is 0.311. The molecule has 0 atom stereocenters. The van der Waals surface area contributed by atoms with Crippen molar-refractivity contribution in [1.82, 2.24) is 14.7 Å². The van der Waals surface area contributed by atoms with Crippen molar-refractivity contribution in [3.8, 4) is 0 Å². The van der Waals surface area contributed by atoms with Crippen LogP contribution in [-0.4, -0.2) is 47.9 Å². The Morgan fingerprint density at radius 1 is 1.13 bits per heavy atom. The molecule has 1 fully saturated rings. The standard InChI is InChI=1S/C10H19N5/c1-8-9(11)10(14(3)12-8)15-6-4-13(2)5-7-15/h4-7,11H2,1-3H3. The molecule has 0 bridgehead atoms. The van der Waals surface area contributed by atoms with Gasteiger partial charge in [0.15, 0.2) is 0 Å². The van der Waals surface area contributed by atoms with Crippen LogP contribution in [0.15, 0.2) is 0 Å². The van der Waals surface area contributed by atoms with Crippen molar-refractivity contribution in [2.75, 3.05) is 43.9 Å². The smallest absolute Gasteiger partial charge is 0.150 e. The normalized spacial score (nSPS) is 18.5. The zero-order chi connectivity index (χ0) is 11.0. The first kappa shape index (κ1) is 10.3. The molecule has 1 aliphatic rings. The van der Waals surface area contributed by atoms with E-state index in [2.05, 4.69) is 21.9 Å². The zero-order valence-electron chi connectivity index (χ0n) is 9.69. The second kappa shape index (κ2) is 3.73. The fraction of sp³-hybridized carbons (Fsp3) is 0.700. The van der Waals surface area contributed by atoms with Crippen LogP contribution >= 0.6 is 0 Å². The molecule has 1 saturated heterocycles. The summed E-state index contributed by atoms with van der Waals surface area (Å²) in [6.07, 6.45) is 0. The molecule has 0 amide bonds. The summed E-state index contributed by atoms with van der Waals surface area (Å²) in [5.74, 6) is 1.07. The van der Waals surface area contributed by atoms with E-state index >= 15 is 0 Å². The number of likely N-dealkylation sites (N-methyl/N-ethyl adjacent to an activating group) is 1. The molecule has 84 valence electrons. The molecule has 0 aliphatic carbocycles. The Balaban J connectivity index is 2.22. The average Bonchev–Trinajstić information content (AvgIpc) is 2.44. The molecule has 5 heteroatoms. The fourth-order valence-electron chi connectivity index (χ4n) is 2.06. The van der Waals surface area contributed by atoms with E-state index < -0.39 is 0 Å². The number of hydrogen-bond acceptors (Lipinski definition) is 4. The summed E-state index contributed by atoms with van der Waals surface area (Å²) in [5, 5.41) is 4.34. The van der Waals surface area contributed by atoms with Gasteiger partial charge in [-0.1, -0.05) is 0 Å². The minimum Gasteiger partial charge on any atom is -0.394 e. The average molecular weight is 209 g/mol. The van der Waals surface area contributed by atoms with Gasteiger partial charge in [0.2, 0.25) is 0 Å². The van der Waals surface area contributed by atoms with E-state index in [1.165, 1.54) is 0 Å². The van der Waals surface area contributed by atoms with Gasteiger partial charge in [0.1, 0.15) is 5.82 Å². The largest absolute Gasteiger partial charge is 0.394 e. The second-order valence-corrected chi connectivity index (χ2v) is 4.24. The Bertz CT molecular complexity index is 349. The van der Waals surface area contributed by atoms with E-state index in [1.54, 1.807) is 0 Å². The molecular formula is C10H19N5. The quantitative estimate of drug-likeness (QED) is 0.711. The van der Waals surface area contributed by atoms with Crippen molar-refractivity contribution >= 4 is 11.5 Å². The van der Waals surface area contributed by atoms with Crippen LogP contribution in [0.4, 0.5) is 11.5 Å². The van der Waals surface area contributed by atoms with Crippen LogP contribution in [0.25, 0.3) is 0 Å². The summed E-state index contributed by atoms with van der Waals surface area (Å²) in [7, 11) is 4.10. The lowest BCUT2D eigenvalue weighted by Crippen LogP contribution is -2.45. The predicted octanol–water partition coefficient (Wildman–Crippen LogP) is 0.0625. The molecule has 2 N–H and O–H groups in total. The maximum absolute atomic E-state index is 6.03. The van der Waals surface area contributed by atoms with Crippen molar-refractivity contribution in [1.29, 1.82) is 0 Å². The maximum atomic E-state index is 6.03. The summed E-state index contributed by atoms with van der Waals surface area (Å²) in [4.78, 5) is 4.64. The molecule has 1 aliphatic heterocycles. The molecule has 0 unspecified atom stereocenters. The van der Waals surface area contributed by atoms with Gasteiger partial charge in [0, 0.05) is 33.2 Å². The minimum absolute atomic E-state index is 0.821. The van der Waals surface area contributed by atoms with Crippen LogP contribution in [0.2, 0.25) is 0 Å². The second-order valence-electron chi connectivity index (χ2n) is 4.24. The van der Waals surface area contributed by atoms with Crippen LogP contribution in [0.3, 0.4) is 0 Å². The molecule has 15 heavy (non-hydrogen) atoms. The third-order valence-corrected chi connectivity index (χ3v) is 3.04. The first-order valence-electron chi connectivity index (χ1n) is 5.32. The molecule has 0 spiro atoms. The monoisotopic (exact) mass is 209 g/mol. The Labute approximate surface area is 90.4 Å². The number of piperazine rings is 1. The first-order chi connectivity index (χ1) is 7.09. The Morgan fingerprint density at radius 2 is 1.73 bits per heavy atom. The topological polar surface area (TPSA) is 50.3 Å². The van der Waals surface area contributed by atoms with Gasteiger partial charge in [0.25, 0.3) is 0 Å². The van der Waals surface area contributed by atoms with Gasteiger partial charge >= 0.3 is 0 Å². The van der Waals surface area contributed by atoms with Crippen molar-refractivity contribution < 1.29 is 0 Å². The van der Waals surface area contributed by atoms with Crippen molar-refractivity contribution in [3.63, 3.8) is 0 Å². The molecule has 0 radical (unpaired) electrons. The minimum atomic E-state index is 0.821. The van der Waals surface area contributed by atoms with Crippen LogP contribution < -0.4 is 10.6 Å². The van der Waals surface area contributed by atoms with E-state index in [9.17, 15) is 0 Å². The Kier molecular flexibility index (Phi) is 2.56. The summed E-state index contributed by atoms with van der Waals surface area (Å²) >= 11 is 0. The SMILES string of the molecule is Cc1nn(C)c(N2CCN(C)CC2)c1N. The zero-order valence-corrected chi connectivity index (χ0v) is 9.69. The highest BCUT2D eigenvalue weighted by molar-refractivity contribution is 5.66. The molecule has 2 heterocycles. The summed E-state index contributed by atoms with van der Waals surface area (Å²) in [5.41, 5.74) is 7.77. The summed E-state index contributed by atoms with van der Waals surface area (Å²) in [6, 6.07) is 0. The molecule has 0 aromatic carbocycles. The van der Waals surface area contributed by atoms with E-state index in [-0.39, 0.29) is 0 Å². The van der Waals surface area contributed by atoms with E-state index in [4.69, 9.17) is 5.73 Å². The number of aromatic nitrogens is 2. The van der Waals surface area contributed by atoms with Gasteiger partial charge in [-0.3, -0.25) is 4.68 Å². The van der Waals surface area contributed by atoms with Gasteiger partial charge < -0.3 is 15.5 Å². The third kappa shape index (κ3) is 1.79. The number of anilines is 2. The first-order valence-corrected chi connectivity index (χ1v) is 5.32. The van der Waals surface area contributed by atoms with Crippen molar-refractivity contribution in [2.24, 2.45) is 7.05 Å². The van der Waals surface area contributed by atoms with Crippen LogP contribution in [0.5, 0.6) is 0 Å². The van der Waals surface area contributed by atoms with Crippen LogP contribution in [0.1, 0.15) is 5.69 Å². The van der Waals surface area contributed by atoms with Gasteiger partial charge in [-0.15, -0.1) is 0 Å². The van der Waals surface area contributed by atoms with Gasteiger partial charge in [0.05, 0.1) is 11.4 Å². The molecule has 2 rings (SSSR count). The highest BCUT2D eigenvalue weighted by Gasteiger charge is 2.20. The van der Waals surface area contributed by atoms with Gasteiger partial charge in [-0.25, -0.2) is 0 Å². The Hall–Kier alpha value is -1.23. The molecule has 1 aromatic rings. The van der Waals surface area contributed by atoms with Gasteiger partial charge in [-0.2, -0.15) is 5.10 Å². The van der Waals surface area contributed by atoms with Gasteiger partial charge in [-0.05, 0) is 14.0 Å². The number of nitrogen functional groups attached to an aromatic ring is 1. The predicted molar refractivity (Wildman–Crippen MR) is 62.1 cm³/mol. The van der Waals surface area contributed by atoms with Crippen LogP contribution in [-0.2, 0) is 7.05 Å².